The Balaban J connectivity index is 1.75. The number of pyridine rings is 1. The van der Waals surface area contributed by atoms with Gasteiger partial charge >= 0.3 is 0 Å². The predicted octanol–water partition coefficient (Wildman–Crippen LogP) is 0.295. The maximum Gasteiger partial charge on any atom is 0.252 e. The molecule has 2 amide bonds. The van der Waals surface area contributed by atoms with E-state index in [1.54, 1.807) is 31.6 Å². The van der Waals surface area contributed by atoms with Crippen molar-refractivity contribution in [3.8, 4) is 0 Å². The first kappa shape index (κ1) is 16.4. The first-order valence-electron chi connectivity index (χ1n) is 7.40. The minimum absolute atomic E-state index is 0.145. The fourth-order valence-corrected chi connectivity index (χ4v) is 2.46. The van der Waals surface area contributed by atoms with E-state index in [-0.39, 0.29) is 24.8 Å². The third-order valence-electron chi connectivity index (χ3n) is 3.82. The molecule has 1 saturated heterocycles. The van der Waals surface area contributed by atoms with Crippen LogP contribution in [0.2, 0.25) is 0 Å². The van der Waals surface area contributed by atoms with Gasteiger partial charge in [0.15, 0.2) is 0 Å². The Morgan fingerprint density at radius 2 is 2.00 bits per heavy atom. The zero-order valence-electron chi connectivity index (χ0n) is 12.7. The summed E-state index contributed by atoms with van der Waals surface area (Å²) < 4.78 is 5.43. The van der Waals surface area contributed by atoms with E-state index < -0.39 is 5.60 Å². The van der Waals surface area contributed by atoms with Gasteiger partial charge in [-0.25, -0.2) is 0 Å². The first-order chi connectivity index (χ1) is 10.7. The molecule has 0 aliphatic carbocycles. The van der Waals surface area contributed by atoms with Crippen LogP contribution in [0.4, 0.5) is 5.69 Å². The SMILES string of the molecule is COC1(C(=O)NCCC(=O)Nc2ccncc2)CCNCC1. The van der Waals surface area contributed by atoms with Crippen LogP contribution in [0.1, 0.15) is 19.3 Å². The lowest BCUT2D eigenvalue weighted by Gasteiger charge is -2.34. The van der Waals surface area contributed by atoms with Crippen molar-refractivity contribution in [2.45, 2.75) is 24.9 Å². The number of nitrogens with zero attached hydrogens (tertiary/aromatic N) is 1. The number of amides is 2. The number of anilines is 1. The number of methoxy groups -OCH3 is 1. The number of nitrogens with one attached hydrogen (secondary N) is 3. The third kappa shape index (κ3) is 4.25. The molecule has 0 unspecified atom stereocenters. The van der Waals surface area contributed by atoms with Gasteiger partial charge < -0.3 is 20.7 Å². The summed E-state index contributed by atoms with van der Waals surface area (Å²) >= 11 is 0. The van der Waals surface area contributed by atoms with Crippen LogP contribution in [-0.2, 0) is 14.3 Å². The zero-order valence-corrected chi connectivity index (χ0v) is 12.7. The largest absolute Gasteiger partial charge is 0.368 e. The van der Waals surface area contributed by atoms with Crippen molar-refractivity contribution in [1.29, 1.82) is 0 Å². The molecule has 2 heterocycles. The monoisotopic (exact) mass is 306 g/mol. The first-order valence-corrected chi connectivity index (χ1v) is 7.40. The van der Waals surface area contributed by atoms with Gasteiger partial charge in [0.2, 0.25) is 5.91 Å². The van der Waals surface area contributed by atoms with Crippen LogP contribution in [0.25, 0.3) is 0 Å². The average Bonchev–Trinajstić information content (AvgIpc) is 2.56. The molecular weight excluding hydrogens is 284 g/mol. The zero-order chi connectivity index (χ0) is 15.8. The smallest absolute Gasteiger partial charge is 0.252 e. The van der Waals surface area contributed by atoms with E-state index in [0.717, 1.165) is 13.1 Å². The molecule has 0 saturated carbocycles. The summed E-state index contributed by atoms with van der Waals surface area (Å²) in [4.78, 5) is 28.0. The Morgan fingerprint density at radius 1 is 1.32 bits per heavy atom. The second-order valence-corrected chi connectivity index (χ2v) is 5.24. The van der Waals surface area contributed by atoms with E-state index in [2.05, 4.69) is 20.9 Å². The quantitative estimate of drug-likeness (QED) is 0.703. The lowest BCUT2D eigenvalue weighted by molar-refractivity contribution is -0.146. The number of hydrogen-bond donors (Lipinski definition) is 3. The Labute approximate surface area is 129 Å². The number of rotatable bonds is 6. The van der Waals surface area contributed by atoms with Crippen molar-refractivity contribution < 1.29 is 14.3 Å². The normalized spacial score (nSPS) is 16.8. The molecule has 7 heteroatoms. The van der Waals surface area contributed by atoms with Crippen LogP contribution in [0.5, 0.6) is 0 Å². The highest BCUT2D eigenvalue weighted by Gasteiger charge is 2.39. The predicted molar refractivity (Wildman–Crippen MR) is 82.3 cm³/mol. The summed E-state index contributed by atoms with van der Waals surface area (Å²) in [5.41, 5.74) is -0.0784. The van der Waals surface area contributed by atoms with E-state index in [1.165, 1.54) is 0 Å². The molecule has 1 aliphatic rings. The molecule has 0 bridgehead atoms. The van der Waals surface area contributed by atoms with Gasteiger partial charge in [-0.1, -0.05) is 0 Å². The van der Waals surface area contributed by atoms with Crippen LogP contribution in [0, 0.1) is 0 Å². The Kier molecular flexibility index (Phi) is 5.85. The summed E-state index contributed by atoms with van der Waals surface area (Å²) in [7, 11) is 1.56. The highest BCUT2D eigenvalue weighted by Crippen LogP contribution is 2.22. The van der Waals surface area contributed by atoms with Crippen molar-refractivity contribution in [3.63, 3.8) is 0 Å². The molecule has 0 aromatic carbocycles. The summed E-state index contributed by atoms with van der Waals surface area (Å²) in [6, 6.07) is 3.43. The van der Waals surface area contributed by atoms with Crippen molar-refractivity contribution in [3.05, 3.63) is 24.5 Å². The molecular formula is C15H22N4O3. The lowest BCUT2D eigenvalue weighted by atomic mass is 9.91. The van der Waals surface area contributed by atoms with Crippen LogP contribution in [0.3, 0.4) is 0 Å². The highest BCUT2D eigenvalue weighted by atomic mass is 16.5. The molecule has 0 atom stereocenters. The van der Waals surface area contributed by atoms with Crippen molar-refractivity contribution in [2.75, 3.05) is 32.1 Å². The second kappa shape index (κ2) is 7.86. The average molecular weight is 306 g/mol. The molecule has 22 heavy (non-hydrogen) atoms. The Morgan fingerprint density at radius 3 is 2.64 bits per heavy atom. The second-order valence-electron chi connectivity index (χ2n) is 5.24. The molecule has 0 spiro atoms. The van der Waals surface area contributed by atoms with Gasteiger partial charge in [-0.05, 0) is 38.1 Å². The fourth-order valence-electron chi connectivity index (χ4n) is 2.46. The third-order valence-corrected chi connectivity index (χ3v) is 3.82. The molecule has 0 radical (unpaired) electrons. The van der Waals surface area contributed by atoms with E-state index in [4.69, 9.17) is 4.74 Å². The Bertz CT molecular complexity index is 501. The summed E-state index contributed by atoms with van der Waals surface area (Å²) in [5, 5.41) is 8.74. The number of piperidine rings is 1. The molecule has 1 fully saturated rings. The fraction of sp³-hybridized carbons (Fsp3) is 0.533. The summed E-state index contributed by atoms with van der Waals surface area (Å²) in [6.07, 6.45) is 4.71. The maximum absolute atomic E-state index is 12.3. The van der Waals surface area contributed by atoms with Gasteiger partial charge in [-0.3, -0.25) is 14.6 Å². The van der Waals surface area contributed by atoms with Crippen molar-refractivity contribution in [1.82, 2.24) is 15.6 Å². The molecule has 1 aliphatic heterocycles. The molecule has 120 valence electrons. The van der Waals surface area contributed by atoms with Crippen molar-refractivity contribution >= 4 is 17.5 Å². The number of hydrogen-bond acceptors (Lipinski definition) is 5. The maximum atomic E-state index is 12.3. The summed E-state index contributed by atoms with van der Waals surface area (Å²) in [5.74, 6) is -0.295. The number of carbonyl (C=O) groups is 2. The minimum atomic E-state index is -0.771. The Hall–Kier alpha value is -1.99. The van der Waals surface area contributed by atoms with Crippen LogP contribution >= 0.6 is 0 Å². The van der Waals surface area contributed by atoms with Gasteiger partial charge in [0.25, 0.3) is 5.91 Å². The van der Waals surface area contributed by atoms with Crippen molar-refractivity contribution in [2.24, 2.45) is 0 Å². The topological polar surface area (TPSA) is 92.3 Å². The van der Waals surface area contributed by atoms with E-state index >= 15 is 0 Å². The van der Waals surface area contributed by atoms with Gasteiger partial charge in [-0.2, -0.15) is 0 Å². The molecule has 1 aromatic heterocycles. The van der Waals surface area contributed by atoms with Crippen LogP contribution < -0.4 is 16.0 Å². The number of carbonyl (C=O) groups excluding carboxylic acids is 2. The van der Waals surface area contributed by atoms with Gasteiger partial charge in [0.1, 0.15) is 5.60 Å². The number of aromatic nitrogens is 1. The number of ether oxygens (including phenoxy) is 1. The lowest BCUT2D eigenvalue weighted by Crippen LogP contribution is -2.54. The molecule has 1 aromatic rings. The standard InChI is InChI=1S/C15H22N4O3/c1-22-15(5-10-17-11-6-15)14(21)18-9-4-13(20)19-12-2-7-16-8-3-12/h2-3,7-8,17H,4-6,9-11H2,1H3,(H,18,21)(H,16,19,20). The molecule has 3 N–H and O–H groups in total. The molecule has 2 rings (SSSR count). The van der Waals surface area contributed by atoms with Gasteiger partial charge in [-0.15, -0.1) is 0 Å². The molecule has 7 nitrogen and oxygen atoms in total. The summed E-state index contributed by atoms with van der Waals surface area (Å²) in [6.45, 7) is 1.79. The van der Waals surface area contributed by atoms with E-state index in [0.29, 0.717) is 18.5 Å². The van der Waals surface area contributed by atoms with Crippen LogP contribution in [0.15, 0.2) is 24.5 Å². The van der Waals surface area contributed by atoms with Gasteiger partial charge in [0, 0.05) is 38.2 Å². The van der Waals surface area contributed by atoms with E-state index in [9.17, 15) is 9.59 Å². The minimum Gasteiger partial charge on any atom is -0.368 e. The van der Waals surface area contributed by atoms with Gasteiger partial charge in [0.05, 0.1) is 0 Å². The van der Waals surface area contributed by atoms with E-state index in [1.807, 2.05) is 0 Å². The highest BCUT2D eigenvalue weighted by molar-refractivity contribution is 5.91. The van der Waals surface area contributed by atoms with Crippen LogP contribution in [-0.4, -0.2) is 49.1 Å².